The minimum atomic E-state index is 0.0744. The van der Waals surface area contributed by atoms with Crippen molar-refractivity contribution in [1.29, 1.82) is 0 Å². The Morgan fingerprint density at radius 2 is 2.00 bits per heavy atom. The molecule has 1 N–H and O–H groups in total. The van der Waals surface area contributed by atoms with Gasteiger partial charge in [0.05, 0.1) is 12.8 Å². The molecule has 0 atom stereocenters. The number of unbranched alkanes of at least 4 members (excludes halogenated alkanes) is 3. The highest BCUT2D eigenvalue weighted by Crippen LogP contribution is 2.22. The van der Waals surface area contributed by atoms with Crippen LogP contribution in [0, 0.1) is 6.92 Å². The van der Waals surface area contributed by atoms with Crippen LogP contribution in [-0.2, 0) is 17.8 Å². The Kier molecular flexibility index (Phi) is 9.09. The fourth-order valence-corrected chi connectivity index (χ4v) is 3.98. The third-order valence-corrected chi connectivity index (χ3v) is 5.91. The first-order valence-corrected chi connectivity index (χ1v) is 11.8. The smallest absolute Gasteiger partial charge is 0.221 e. The second kappa shape index (κ2) is 12.2. The van der Waals surface area contributed by atoms with Gasteiger partial charge in [-0.3, -0.25) is 4.79 Å². The minimum absolute atomic E-state index is 0.0744. The summed E-state index contributed by atoms with van der Waals surface area (Å²) in [6.45, 7) is 6.15. The van der Waals surface area contributed by atoms with Gasteiger partial charge in [0.15, 0.2) is 0 Å². The Labute approximate surface area is 188 Å². The van der Waals surface area contributed by atoms with Gasteiger partial charge in [-0.1, -0.05) is 56.0 Å². The number of hydrogen-bond donors (Lipinski definition) is 1. The summed E-state index contributed by atoms with van der Waals surface area (Å²) >= 11 is 1.37. The quantitative estimate of drug-likeness (QED) is 0.373. The molecular formula is C24H32N4O2S. The van der Waals surface area contributed by atoms with Gasteiger partial charge < -0.3 is 14.6 Å². The maximum atomic E-state index is 12.3. The summed E-state index contributed by atoms with van der Waals surface area (Å²) in [5.74, 6) is 1.72. The molecule has 0 saturated heterocycles. The number of amides is 1. The summed E-state index contributed by atoms with van der Waals surface area (Å²) in [4.78, 5) is 19.1. The van der Waals surface area contributed by atoms with Gasteiger partial charge in [0.25, 0.3) is 0 Å². The lowest BCUT2D eigenvalue weighted by molar-refractivity contribution is -0.120. The number of rotatable bonds is 13. The molecule has 0 bridgehead atoms. The molecule has 6 nitrogen and oxygen atoms in total. The molecule has 0 spiro atoms. The number of furan rings is 1. The van der Waals surface area contributed by atoms with E-state index in [0.717, 1.165) is 36.1 Å². The summed E-state index contributed by atoms with van der Waals surface area (Å²) < 4.78 is 10.1. The van der Waals surface area contributed by atoms with E-state index in [9.17, 15) is 4.79 Å². The van der Waals surface area contributed by atoms with Crippen LogP contribution in [0.5, 0.6) is 0 Å². The van der Waals surface area contributed by atoms with Crippen LogP contribution >= 0.6 is 11.5 Å². The Morgan fingerprint density at radius 1 is 1.16 bits per heavy atom. The normalized spacial score (nSPS) is 10.9. The average molecular weight is 441 g/mol. The molecule has 0 fully saturated rings. The molecular weight excluding hydrogens is 408 g/mol. The number of carbonyl (C=O) groups excluding carboxylic acids is 1. The van der Waals surface area contributed by atoms with E-state index < -0.39 is 0 Å². The van der Waals surface area contributed by atoms with Gasteiger partial charge >= 0.3 is 0 Å². The average Bonchev–Trinajstić information content (AvgIpc) is 3.45. The number of anilines is 1. The standard InChI is InChI=1S/C24H32N4O2S/c1-3-4-5-6-14-25-23(29)13-15-28(18-21-8-7-16-30-21)24-26-22(27-31-24)17-20-11-9-19(2)10-12-20/h7-12,16H,3-6,13-15,17-18H2,1-2H3,(H,25,29). The maximum absolute atomic E-state index is 12.3. The fraction of sp³-hybridized carbons (Fsp3) is 0.458. The van der Waals surface area contributed by atoms with Crippen LogP contribution in [0.1, 0.15) is 61.7 Å². The Morgan fingerprint density at radius 3 is 2.74 bits per heavy atom. The molecule has 2 heterocycles. The Hall–Kier alpha value is -2.67. The van der Waals surface area contributed by atoms with Crippen LogP contribution in [0.3, 0.4) is 0 Å². The van der Waals surface area contributed by atoms with Crippen LogP contribution in [0.4, 0.5) is 5.13 Å². The molecule has 166 valence electrons. The molecule has 7 heteroatoms. The number of hydrogen-bond acceptors (Lipinski definition) is 6. The zero-order chi connectivity index (χ0) is 21.9. The van der Waals surface area contributed by atoms with Crippen molar-refractivity contribution in [2.24, 2.45) is 0 Å². The van der Waals surface area contributed by atoms with Crippen molar-refractivity contribution in [3.8, 4) is 0 Å². The van der Waals surface area contributed by atoms with Gasteiger partial charge in [-0.15, -0.1) is 0 Å². The van der Waals surface area contributed by atoms with Gasteiger partial charge in [0.2, 0.25) is 11.0 Å². The van der Waals surface area contributed by atoms with Crippen LogP contribution < -0.4 is 10.2 Å². The lowest BCUT2D eigenvalue weighted by atomic mass is 10.1. The maximum Gasteiger partial charge on any atom is 0.221 e. The highest BCUT2D eigenvalue weighted by Gasteiger charge is 2.16. The van der Waals surface area contributed by atoms with Crippen molar-refractivity contribution >= 4 is 22.6 Å². The molecule has 3 aromatic rings. The first-order valence-electron chi connectivity index (χ1n) is 11.1. The van der Waals surface area contributed by atoms with Crippen LogP contribution in [0.2, 0.25) is 0 Å². The molecule has 31 heavy (non-hydrogen) atoms. The summed E-state index contributed by atoms with van der Waals surface area (Å²) in [7, 11) is 0. The summed E-state index contributed by atoms with van der Waals surface area (Å²) in [5.41, 5.74) is 2.43. The van der Waals surface area contributed by atoms with E-state index in [1.54, 1.807) is 6.26 Å². The van der Waals surface area contributed by atoms with Gasteiger partial charge in [0.1, 0.15) is 11.6 Å². The number of nitrogens with zero attached hydrogens (tertiary/aromatic N) is 3. The molecule has 0 aliphatic heterocycles. The van der Waals surface area contributed by atoms with Crippen molar-refractivity contribution < 1.29 is 9.21 Å². The largest absolute Gasteiger partial charge is 0.467 e. The van der Waals surface area contributed by atoms with Crippen molar-refractivity contribution in [1.82, 2.24) is 14.7 Å². The third-order valence-electron chi connectivity index (χ3n) is 5.10. The van der Waals surface area contributed by atoms with Gasteiger partial charge in [-0.2, -0.15) is 4.37 Å². The number of aromatic nitrogens is 2. The summed E-state index contributed by atoms with van der Waals surface area (Å²) in [6.07, 6.45) is 7.40. The van der Waals surface area contributed by atoms with Crippen molar-refractivity contribution in [2.45, 2.75) is 58.9 Å². The van der Waals surface area contributed by atoms with Gasteiger partial charge in [0, 0.05) is 37.5 Å². The molecule has 0 aliphatic carbocycles. The molecule has 1 amide bonds. The molecule has 1 aromatic carbocycles. The number of aryl methyl sites for hydroxylation is 1. The van der Waals surface area contributed by atoms with Crippen LogP contribution in [-0.4, -0.2) is 28.4 Å². The topological polar surface area (TPSA) is 71.3 Å². The van der Waals surface area contributed by atoms with Crippen LogP contribution in [0.15, 0.2) is 47.1 Å². The molecule has 0 radical (unpaired) electrons. The number of nitrogens with one attached hydrogen (secondary N) is 1. The SMILES string of the molecule is CCCCCCNC(=O)CCN(Cc1ccco1)c1nc(Cc2ccc(C)cc2)ns1. The van der Waals surface area contributed by atoms with E-state index >= 15 is 0 Å². The predicted octanol–water partition coefficient (Wildman–Crippen LogP) is 5.12. The highest BCUT2D eigenvalue weighted by molar-refractivity contribution is 7.09. The molecule has 0 saturated carbocycles. The van der Waals surface area contributed by atoms with Crippen molar-refractivity contribution in [3.63, 3.8) is 0 Å². The molecule has 0 unspecified atom stereocenters. The van der Waals surface area contributed by atoms with E-state index in [0.29, 0.717) is 25.9 Å². The van der Waals surface area contributed by atoms with E-state index in [2.05, 4.69) is 52.7 Å². The zero-order valence-corrected chi connectivity index (χ0v) is 19.3. The third kappa shape index (κ3) is 7.83. The monoisotopic (exact) mass is 440 g/mol. The number of benzene rings is 1. The molecule has 2 aromatic heterocycles. The predicted molar refractivity (Wildman–Crippen MR) is 125 cm³/mol. The van der Waals surface area contributed by atoms with Gasteiger partial charge in [-0.25, -0.2) is 4.98 Å². The first-order chi connectivity index (χ1) is 15.1. The molecule has 0 aliphatic rings. The Balaban J connectivity index is 1.57. The summed E-state index contributed by atoms with van der Waals surface area (Å²) in [5, 5.41) is 3.84. The van der Waals surface area contributed by atoms with E-state index in [4.69, 9.17) is 9.40 Å². The first kappa shape index (κ1) is 23.0. The molecule has 3 rings (SSSR count). The zero-order valence-electron chi connectivity index (χ0n) is 18.5. The van der Waals surface area contributed by atoms with E-state index in [-0.39, 0.29) is 5.91 Å². The fourth-order valence-electron chi connectivity index (χ4n) is 3.27. The van der Waals surface area contributed by atoms with Crippen molar-refractivity contribution in [2.75, 3.05) is 18.0 Å². The van der Waals surface area contributed by atoms with E-state index in [1.807, 2.05) is 12.1 Å². The van der Waals surface area contributed by atoms with E-state index in [1.165, 1.54) is 35.5 Å². The second-order valence-corrected chi connectivity index (χ2v) is 8.55. The summed E-state index contributed by atoms with van der Waals surface area (Å²) in [6, 6.07) is 12.2. The highest BCUT2D eigenvalue weighted by atomic mass is 32.1. The lowest BCUT2D eigenvalue weighted by Crippen LogP contribution is -2.31. The second-order valence-electron chi connectivity index (χ2n) is 7.82. The van der Waals surface area contributed by atoms with Crippen molar-refractivity contribution in [3.05, 3.63) is 65.4 Å². The van der Waals surface area contributed by atoms with Crippen LogP contribution in [0.25, 0.3) is 0 Å². The Bertz CT molecular complexity index is 906. The minimum Gasteiger partial charge on any atom is -0.467 e. The number of carbonyl (C=O) groups is 1. The van der Waals surface area contributed by atoms with Gasteiger partial charge in [-0.05, 0) is 31.0 Å². The lowest BCUT2D eigenvalue weighted by Gasteiger charge is -2.20.